The molecule has 0 bridgehead atoms. The Morgan fingerprint density at radius 3 is 2.50 bits per heavy atom. The zero-order valence-electron chi connectivity index (χ0n) is 10.1. The standard InChI is InChI=1S/C10H23N3O2S/c1-3-10(11)8-12-16(14,15)13-6-4-9(2)5-7-13/h9-10,12H,3-8,11H2,1-2H3. The highest BCUT2D eigenvalue weighted by molar-refractivity contribution is 7.87. The van der Waals surface area contributed by atoms with E-state index in [2.05, 4.69) is 11.6 Å². The quantitative estimate of drug-likeness (QED) is 0.735. The van der Waals surface area contributed by atoms with Crippen molar-refractivity contribution in [1.82, 2.24) is 9.03 Å². The number of nitrogens with zero attached hydrogens (tertiary/aromatic N) is 1. The van der Waals surface area contributed by atoms with Gasteiger partial charge in [-0.2, -0.15) is 12.7 Å². The van der Waals surface area contributed by atoms with E-state index in [0.29, 0.717) is 25.6 Å². The summed E-state index contributed by atoms with van der Waals surface area (Å²) in [7, 11) is -3.31. The maximum absolute atomic E-state index is 11.9. The smallest absolute Gasteiger partial charge is 0.279 e. The summed E-state index contributed by atoms with van der Waals surface area (Å²) in [4.78, 5) is 0. The number of hydrogen-bond donors (Lipinski definition) is 2. The molecule has 1 aliphatic heterocycles. The molecule has 0 aromatic carbocycles. The van der Waals surface area contributed by atoms with Crippen LogP contribution >= 0.6 is 0 Å². The molecule has 0 aromatic rings. The summed E-state index contributed by atoms with van der Waals surface area (Å²) >= 11 is 0. The van der Waals surface area contributed by atoms with Crippen LogP contribution in [0.15, 0.2) is 0 Å². The summed E-state index contributed by atoms with van der Waals surface area (Å²) in [6, 6.07) is -0.0986. The van der Waals surface area contributed by atoms with Gasteiger partial charge in [0.25, 0.3) is 10.2 Å². The third kappa shape index (κ3) is 4.01. The highest BCUT2D eigenvalue weighted by atomic mass is 32.2. The molecule has 0 radical (unpaired) electrons. The number of nitrogens with two attached hydrogens (primary N) is 1. The van der Waals surface area contributed by atoms with Gasteiger partial charge in [-0.1, -0.05) is 13.8 Å². The number of piperidine rings is 1. The van der Waals surface area contributed by atoms with E-state index >= 15 is 0 Å². The van der Waals surface area contributed by atoms with Gasteiger partial charge in [0.2, 0.25) is 0 Å². The zero-order chi connectivity index (χ0) is 12.2. The molecule has 16 heavy (non-hydrogen) atoms. The molecule has 96 valence electrons. The molecular weight excluding hydrogens is 226 g/mol. The summed E-state index contributed by atoms with van der Waals surface area (Å²) in [5.74, 6) is 0.629. The Hall–Kier alpha value is -0.170. The average molecular weight is 249 g/mol. The molecule has 1 atom stereocenters. The van der Waals surface area contributed by atoms with Crippen LogP contribution in [0.1, 0.15) is 33.1 Å². The van der Waals surface area contributed by atoms with E-state index in [1.807, 2.05) is 6.92 Å². The minimum absolute atomic E-state index is 0.0986. The zero-order valence-corrected chi connectivity index (χ0v) is 11.0. The van der Waals surface area contributed by atoms with Crippen LogP contribution in [-0.2, 0) is 10.2 Å². The number of nitrogens with one attached hydrogen (secondary N) is 1. The lowest BCUT2D eigenvalue weighted by molar-refractivity contribution is 0.284. The molecular formula is C10H23N3O2S. The molecule has 0 spiro atoms. The highest BCUT2D eigenvalue weighted by Crippen LogP contribution is 2.17. The summed E-state index contributed by atoms with van der Waals surface area (Å²) in [6.45, 7) is 5.67. The van der Waals surface area contributed by atoms with Crippen LogP contribution in [0.2, 0.25) is 0 Å². The van der Waals surface area contributed by atoms with Crippen LogP contribution in [-0.4, -0.2) is 38.4 Å². The number of rotatable bonds is 5. The van der Waals surface area contributed by atoms with Gasteiger partial charge in [0.05, 0.1) is 0 Å². The third-order valence-corrected chi connectivity index (χ3v) is 4.71. The maximum Gasteiger partial charge on any atom is 0.279 e. The molecule has 0 amide bonds. The second kappa shape index (κ2) is 5.95. The van der Waals surface area contributed by atoms with Crippen molar-refractivity contribution in [1.29, 1.82) is 0 Å². The molecule has 6 heteroatoms. The lowest BCUT2D eigenvalue weighted by Crippen LogP contribution is -2.47. The van der Waals surface area contributed by atoms with E-state index in [0.717, 1.165) is 19.3 Å². The van der Waals surface area contributed by atoms with Crippen molar-refractivity contribution in [3.8, 4) is 0 Å². The van der Waals surface area contributed by atoms with Crippen LogP contribution in [0.4, 0.5) is 0 Å². The van der Waals surface area contributed by atoms with Crippen molar-refractivity contribution in [2.75, 3.05) is 19.6 Å². The summed E-state index contributed by atoms with van der Waals surface area (Å²) in [6.07, 6.45) is 2.67. The van der Waals surface area contributed by atoms with E-state index in [-0.39, 0.29) is 6.04 Å². The van der Waals surface area contributed by atoms with Crippen molar-refractivity contribution >= 4 is 10.2 Å². The summed E-state index contributed by atoms with van der Waals surface area (Å²) in [5, 5.41) is 0. The highest BCUT2D eigenvalue weighted by Gasteiger charge is 2.26. The fourth-order valence-corrected chi connectivity index (χ4v) is 2.97. The van der Waals surface area contributed by atoms with Gasteiger partial charge in [-0.15, -0.1) is 0 Å². The Morgan fingerprint density at radius 1 is 1.44 bits per heavy atom. The van der Waals surface area contributed by atoms with Gasteiger partial charge in [0.15, 0.2) is 0 Å². The van der Waals surface area contributed by atoms with E-state index in [1.54, 1.807) is 0 Å². The predicted octanol–water partition coefficient (Wildman–Crippen LogP) is 0.290. The Bertz CT molecular complexity index is 297. The second-order valence-electron chi connectivity index (χ2n) is 4.60. The van der Waals surface area contributed by atoms with Gasteiger partial charge in [0, 0.05) is 25.7 Å². The van der Waals surface area contributed by atoms with Crippen molar-refractivity contribution in [3.05, 3.63) is 0 Å². The Balaban J connectivity index is 2.44. The molecule has 1 rings (SSSR count). The fourth-order valence-electron chi connectivity index (χ4n) is 1.67. The van der Waals surface area contributed by atoms with Crippen molar-refractivity contribution in [2.24, 2.45) is 11.7 Å². The normalized spacial score (nSPS) is 22.2. The summed E-state index contributed by atoms with van der Waals surface area (Å²) < 4.78 is 27.8. The van der Waals surface area contributed by atoms with Crippen molar-refractivity contribution < 1.29 is 8.42 Å². The first kappa shape index (κ1) is 13.9. The minimum atomic E-state index is -3.31. The maximum atomic E-state index is 11.9. The number of hydrogen-bond acceptors (Lipinski definition) is 3. The molecule has 0 saturated carbocycles. The van der Waals surface area contributed by atoms with Crippen LogP contribution in [0.25, 0.3) is 0 Å². The van der Waals surface area contributed by atoms with Gasteiger partial charge in [0.1, 0.15) is 0 Å². The largest absolute Gasteiger partial charge is 0.327 e. The van der Waals surface area contributed by atoms with E-state index in [9.17, 15) is 8.42 Å². The van der Waals surface area contributed by atoms with Crippen molar-refractivity contribution in [2.45, 2.75) is 39.2 Å². The summed E-state index contributed by atoms with van der Waals surface area (Å²) in [5.41, 5.74) is 5.69. The predicted molar refractivity (Wildman–Crippen MR) is 65.2 cm³/mol. The average Bonchev–Trinajstić information content (AvgIpc) is 2.26. The fraction of sp³-hybridized carbons (Fsp3) is 1.00. The van der Waals surface area contributed by atoms with Gasteiger partial charge < -0.3 is 5.73 Å². The van der Waals surface area contributed by atoms with Gasteiger partial charge in [-0.25, -0.2) is 4.72 Å². The minimum Gasteiger partial charge on any atom is -0.327 e. The molecule has 1 aliphatic rings. The van der Waals surface area contributed by atoms with E-state index in [4.69, 9.17) is 5.73 Å². The molecule has 5 nitrogen and oxygen atoms in total. The topological polar surface area (TPSA) is 75.4 Å². The molecule has 1 unspecified atom stereocenters. The van der Waals surface area contributed by atoms with E-state index in [1.165, 1.54) is 4.31 Å². The Kier molecular flexibility index (Phi) is 5.17. The molecule has 0 aromatic heterocycles. The first-order chi connectivity index (χ1) is 7.45. The van der Waals surface area contributed by atoms with Crippen molar-refractivity contribution in [3.63, 3.8) is 0 Å². The van der Waals surface area contributed by atoms with E-state index < -0.39 is 10.2 Å². The van der Waals surface area contributed by atoms with Crippen LogP contribution < -0.4 is 10.5 Å². The third-order valence-electron chi connectivity index (χ3n) is 3.13. The molecule has 1 heterocycles. The first-order valence-electron chi connectivity index (χ1n) is 5.96. The van der Waals surface area contributed by atoms with Gasteiger partial charge in [-0.3, -0.25) is 0 Å². The first-order valence-corrected chi connectivity index (χ1v) is 7.40. The molecule has 3 N–H and O–H groups in total. The van der Waals surface area contributed by atoms with Gasteiger partial charge in [-0.05, 0) is 25.2 Å². The van der Waals surface area contributed by atoms with Crippen LogP contribution in [0, 0.1) is 5.92 Å². The lowest BCUT2D eigenvalue weighted by Gasteiger charge is -2.29. The van der Waals surface area contributed by atoms with Gasteiger partial charge >= 0.3 is 0 Å². The monoisotopic (exact) mass is 249 g/mol. The molecule has 0 aliphatic carbocycles. The molecule has 1 saturated heterocycles. The van der Waals surface area contributed by atoms with Crippen LogP contribution in [0.3, 0.4) is 0 Å². The molecule has 1 fully saturated rings. The Labute approximate surface area is 98.6 Å². The SMILES string of the molecule is CCC(N)CNS(=O)(=O)N1CCC(C)CC1. The Morgan fingerprint density at radius 2 is 2.00 bits per heavy atom. The van der Waals surface area contributed by atoms with Crippen LogP contribution in [0.5, 0.6) is 0 Å². The second-order valence-corrected chi connectivity index (χ2v) is 6.36. The lowest BCUT2D eigenvalue weighted by atomic mass is 10.0.